The van der Waals surface area contributed by atoms with E-state index in [0.29, 0.717) is 11.3 Å². The number of esters is 1. The monoisotopic (exact) mass is 309 g/mol. The maximum absolute atomic E-state index is 11.8. The van der Waals surface area contributed by atoms with Crippen LogP contribution >= 0.6 is 0 Å². The predicted octanol–water partition coefficient (Wildman–Crippen LogP) is 2.72. The molecule has 0 fully saturated rings. The molecule has 0 heterocycles. The van der Waals surface area contributed by atoms with E-state index in [9.17, 15) is 9.59 Å². The molecule has 0 bridgehead atoms. The molecule has 0 aliphatic heterocycles. The lowest BCUT2D eigenvalue weighted by atomic mass is 10.2. The molecule has 1 aromatic rings. The zero-order valence-electron chi connectivity index (χ0n) is 13.7. The number of hydrogen-bond acceptors (Lipinski definition) is 5. The first-order valence-corrected chi connectivity index (χ1v) is 6.98. The van der Waals surface area contributed by atoms with Gasteiger partial charge in [0.05, 0.1) is 19.2 Å². The third-order valence-electron chi connectivity index (χ3n) is 2.69. The fourth-order valence-corrected chi connectivity index (χ4v) is 1.52. The number of benzene rings is 1. The zero-order chi connectivity index (χ0) is 16.8. The Bertz CT molecular complexity index is 504. The van der Waals surface area contributed by atoms with Crippen LogP contribution in [0.25, 0.3) is 0 Å². The molecule has 0 atom stereocenters. The summed E-state index contributed by atoms with van der Waals surface area (Å²) >= 11 is 0. The van der Waals surface area contributed by atoms with Crippen LogP contribution in [-0.2, 0) is 9.47 Å². The van der Waals surface area contributed by atoms with Gasteiger partial charge in [0.25, 0.3) is 0 Å². The number of methoxy groups -OCH3 is 1. The summed E-state index contributed by atoms with van der Waals surface area (Å²) in [7, 11) is 3.15. The van der Waals surface area contributed by atoms with Crippen molar-refractivity contribution in [3.8, 4) is 5.75 Å². The van der Waals surface area contributed by atoms with Crippen LogP contribution in [-0.4, -0.2) is 49.9 Å². The molecule has 0 aliphatic carbocycles. The van der Waals surface area contributed by atoms with Crippen molar-refractivity contribution in [2.45, 2.75) is 26.4 Å². The van der Waals surface area contributed by atoms with Gasteiger partial charge in [-0.2, -0.15) is 0 Å². The molecule has 1 amide bonds. The largest absolute Gasteiger partial charge is 0.497 e. The molecule has 0 radical (unpaired) electrons. The number of ether oxygens (including phenoxy) is 3. The molecular weight excluding hydrogens is 286 g/mol. The molecule has 6 heteroatoms. The van der Waals surface area contributed by atoms with E-state index >= 15 is 0 Å². The SMILES string of the molecule is COc1ccc(C(=O)OCCN(C)C(=O)OC(C)(C)C)cc1. The molecule has 22 heavy (non-hydrogen) atoms. The molecule has 0 aliphatic rings. The van der Waals surface area contributed by atoms with Gasteiger partial charge >= 0.3 is 12.1 Å². The number of likely N-dealkylation sites (N-methyl/N-ethyl adjacent to an activating group) is 1. The van der Waals surface area contributed by atoms with Gasteiger partial charge in [0, 0.05) is 7.05 Å². The molecule has 0 aromatic heterocycles. The first-order chi connectivity index (χ1) is 10.2. The number of nitrogens with zero attached hydrogens (tertiary/aromatic N) is 1. The Hall–Kier alpha value is -2.24. The van der Waals surface area contributed by atoms with Crippen LogP contribution in [0.15, 0.2) is 24.3 Å². The Kier molecular flexibility index (Phi) is 6.22. The Balaban J connectivity index is 2.39. The molecule has 0 unspecified atom stereocenters. The average Bonchev–Trinajstić information content (AvgIpc) is 2.45. The molecular formula is C16H23NO5. The number of carbonyl (C=O) groups is 2. The minimum absolute atomic E-state index is 0.0978. The fraction of sp³-hybridized carbons (Fsp3) is 0.500. The smallest absolute Gasteiger partial charge is 0.410 e. The summed E-state index contributed by atoms with van der Waals surface area (Å²) in [4.78, 5) is 24.9. The molecule has 122 valence electrons. The maximum atomic E-state index is 11.8. The summed E-state index contributed by atoms with van der Waals surface area (Å²) in [6, 6.07) is 6.62. The highest BCUT2D eigenvalue weighted by atomic mass is 16.6. The van der Waals surface area contributed by atoms with Crippen LogP contribution in [0, 0.1) is 0 Å². The molecule has 0 N–H and O–H groups in total. The van der Waals surface area contributed by atoms with Crippen molar-refractivity contribution in [3.05, 3.63) is 29.8 Å². The van der Waals surface area contributed by atoms with E-state index < -0.39 is 17.7 Å². The normalized spacial score (nSPS) is 10.8. The number of carbonyl (C=O) groups excluding carboxylic acids is 2. The summed E-state index contributed by atoms with van der Waals surface area (Å²) in [6.07, 6.45) is -0.451. The van der Waals surface area contributed by atoms with Gasteiger partial charge in [0.15, 0.2) is 0 Å². The molecule has 1 rings (SSSR count). The van der Waals surface area contributed by atoms with Gasteiger partial charge in [-0.05, 0) is 45.0 Å². The zero-order valence-corrected chi connectivity index (χ0v) is 13.7. The van der Waals surface area contributed by atoms with Crippen LogP contribution in [0.3, 0.4) is 0 Å². The van der Waals surface area contributed by atoms with Crippen molar-refractivity contribution >= 4 is 12.1 Å². The third kappa shape index (κ3) is 6.03. The highest BCUT2D eigenvalue weighted by Gasteiger charge is 2.19. The minimum Gasteiger partial charge on any atom is -0.497 e. The van der Waals surface area contributed by atoms with Crippen molar-refractivity contribution in [1.82, 2.24) is 4.90 Å². The van der Waals surface area contributed by atoms with E-state index in [1.807, 2.05) is 0 Å². The van der Waals surface area contributed by atoms with E-state index in [1.54, 1.807) is 59.2 Å². The lowest BCUT2D eigenvalue weighted by Crippen LogP contribution is -2.36. The topological polar surface area (TPSA) is 65.1 Å². The molecule has 0 spiro atoms. The van der Waals surface area contributed by atoms with Crippen molar-refractivity contribution < 1.29 is 23.8 Å². The average molecular weight is 309 g/mol. The van der Waals surface area contributed by atoms with Gasteiger partial charge in [-0.15, -0.1) is 0 Å². The van der Waals surface area contributed by atoms with Crippen LogP contribution in [0.2, 0.25) is 0 Å². The first-order valence-electron chi connectivity index (χ1n) is 6.98. The standard InChI is InChI=1S/C16H23NO5/c1-16(2,3)22-15(19)17(4)10-11-21-14(18)12-6-8-13(20-5)9-7-12/h6-9H,10-11H2,1-5H3. The van der Waals surface area contributed by atoms with Gasteiger partial charge in [0.2, 0.25) is 0 Å². The van der Waals surface area contributed by atoms with E-state index in [4.69, 9.17) is 14.2 Å². The second kappa shape index (κ2) is 7.68. The van der Waals surface area contributed by atoms with Gasteiger partial charge in [0.1, 0.15) is 18.0 Å². The molecule has 6 nitrogen and oxygen atoms in total. The summed E-state index contributed by atoms with van der Waals surface area (Å²) in [5, 5.41) is 0. The summed E-state index contributed by atoms with van der Waals surface area (Å²) in [6.45, 7) is 5.74. The summed E-state index contributed by atoms with van der Waals surface area (Å²) < 4.78 is 15.3. The second-order valence-corrected chi connectivity index (χ2v) is 5.77. The Morgan fingerprint density at radius 1 is 1.14 bits per heavy atom. The number of hydrogen-bond donors (Lipinski definition) is 0. The van der Waals surface area contributed by atoms with E-state index in [2.05, 4.69) is 0 Å². The van der Waals surface area contributed by atoms with Gasteiger partial charge < -0.3 is 19.1 Å². The van der Waals surface area contributed by atoms with Gasteiger partial charge in [-0.25, -0.2) is 9.59 Å². The Morgan fingerprint density at radius 3 is 2.23 bits per heavy atom. The number of rotatable bonds is 5. The van der Waals surface area contributed by atoms with Crippen LogP contribution < -0.4 is 4.74 Å². The van der Waals surface area contributed by atoms with E-state index in [1.165, 1.54) is 4.90 Å². The quantitative estimate of drug-likeness (QED) is 0.782. The van der Waals surface area contributed by atoms with Crippen LogP contribution in [0.4, 0.5) is 4.79 Å². The van der Waals surface area contributed by atoms with Crippen molar-refractivity contribution in [2.24, 2.45) is 0 Å². The van der Waals surface area contributed by atoms with Crippen molar-refractivity contribution in [1.29, 1.82) is 0 Å². The lowest BCUT2D eigenvalue weighted by Gasteiger charge is -2.24. The molecule has 0 saturated heterocycles. The Morgan fingerprint density at radius 2 is 1.73 bits per heavy atom. The minimum atomic E-state index is -0.550. The van der Waals surface area contributed by atoms with Crippen LogP contribution in [0.1, 0.15) is 31.1 Å². The lowest BCUT2D eigenvalue weighted by molar-refractivity contribution is 0.0217. The fourth-order valence-electron chi connectivity index (χ4n) is 1.52. The van der Waals surface area contributed by atoms with Gasteiger partial charge in [-0.3, -0.25) is 0 Å². The predicted molar refractivity (Wildman–Crippen MR) is 82.1 cm³/mol. The summed E-state index contributed by atoms with van der Waals surface area (Å²) in [5.74, 6) is 0.224. The van der Waals surface area contributed by atoms with Gasteiger partial charge in [-0.1, -0.05) is 0 Å². The third-order valence-corrected chi connectivity index (χ3v) is 2.69. The van der Waals surface area contributed by atoms with E-state index in [-0.39, 0.29) is 13.2 Å². The highest BCUT2D eigenvalue weighted by Crippen LogP contribution is 2.12. The molecule has 0 saturated carbocycles. The van der Waals surface area contributed by atoms with Crippen molar-refractivity contribution in [2.75, 3.05) is 27.3 Å². The summed E-state index contributed by atoms with van der Waals surface area (Å²) in [5.41, 5.74) is -0.119. The molecule has 1 aromatic carbocycles. The second-order valence-electron chi connectivity index (χ2n) is 5.77. The Labute approximate surface area is 131 Å². The van der Waals surface area contributed by atoms with E-state index in [0.717, 1.165) is 0 Å². The first kappa shape index (κ1) is 17.8. The highest BCUT2D eigenvalue weighted by molar-refractivity contribution is 5.89. The number of amides is 1. The maximum Gasteiger partial charge on any atom is 0.410 e. The van der Waals surface area contributed by atoms with Crippen molar-refractivity contribution in [3.63, 3.8) is 0 Å². The van der Waals surface area contributed by atoms with Crippen LogP contribution in [0.5, 0.6) is 5.75 Å².